The molecule has 0 saturated carbocycles. The molecule has 13 heteroatoms. The van der Waals surface area contributed by atoms with Crippen LogP contribution in [0.1, 0.15) is 60.2 Å². The van der Waals surface area contributed by atoms with E-state index in [4.69, 9.17) is 34.8 Å². The van der Waals surface area contributed by atoms with Gasteiger partial charge in [0, 0.05) is 6.42 Å². The van der Waals surface area contributed by atoms with E-state index >= 15 is 0 Å². The number of amides is 2. The molecule has 2 aromatic carbocycles. The SMILES string of the molecule is CC(C)CC(=O)N[C@@H](C)NC(=O)c1ccc(/C=C/C(c2cc(Cl)c(Cl)c(Cl)c2)C(F)(F)F)cc1C(F)(F)F. The highest BCUT2D eigenvalue weighted by Crippen LogP contribution is 2.41. The molecule has 2 N–H and O–H groups in total. The Labute approximate surface area is 230 Å². The van der Waals surface area contributed by atoms with E-state index in [1.54, 1.807) is 13.8 Å². The Morgan fingerprint density at radius 1 is 0.921 bits per heavy atom. The zero-order chi connectivity index (χ0) is 29.0. The molecule has 0 bridgehead atoms. The largest absolute Gasteiger partial charge is 0.417 e. The van der Waals surface area contributed by atoms with Gasteiger partial charge in [-0.3, -0.25) is 9.59 Å². The van der Waals surface area contributed by atoms with Crippen LogP contribution in [0.5, 0.6) is 0 Å². The molecule has 0 aliphatic heterocycles. The highest BCUT2D eigenvalue weighted by molar-refractivity contribution is 6.48. The summed E-state index contributed by atoms with van der Waals surface area (Å²) < 4.78 is 82.6. The topological polar surface area (TPSA) is 58.2 Å². The maximum atomic E-state index is 13.8. The molecule has 0 radical (unpaired) electrons. The van der Waals surface area contributed by atoms with E-state index in [1.165, 1.54) is 6.92 Å². The quantitative estimate of drug-likeness (QED) is 0.181. The Hall–Kier alpha value is -2.43. The van der Waals surface area contributed by atoms with Gasteiger partial charge in [-0.1, -0.05) is 66.9 Å². The molecule has 1 unspecified atom stereocenters. The Bertz CT molecular complexity index is 1190. The van der Waals surface area contributed by atoms with Crippen molar-refractivity contribution in [2.75, 3.05) is 0 Å². The van der Waals surface area contributed by atoms with Crippen LogP contribution in [-0.4, -0.2) is 24.2 Å². The third-order valence-corrected chi connectivity index (χ3v) is 6.31. The van der Waals surface area contributed by atoms with Crippen molar-refractivity contribution in [3.05, 3.63) is 73.7 Å². The molecule has 2 atom stereocenters. The highest BCUT2D eigenvalue weighted by Gasteiger charge is 2.40. The number of benzene rings is 2. The lowest BCUT2D eigenvalue weighted by atomic mass is 9.96. The van der Waals surface area contributed by atoms with E-state index < -0.39 is 47.4 Å². The van der Waals surface area contributed by atoms with Crippen molar-refractivity contribution in [2.24, 2.45) is 5.92 Å². The molecular weight excluding hydrogens is 581 g/mol. The Morgan fingerprint density at radius 2 is 1.50 bits per heavy atom. The molecule has 2 rings (SSSR count). The molecule has 0 heterocycles. The van der Waals surface area contributed by atoms with Crippen LogP contribution in [0.2, 0.25) is 15.1 Å². The molecule has 0 spiro atoms. The van der Waals surface area contributed by atoms with E-state index in [0.29, 0.717) is 12.1 Å². The van der Waals surface area contributed by atoms with Crippen LogP contribution in [0, 0.1) is 5.92 Å². The molecular formula is C25H23Cl3F6N2O2. The Kier molecular flexibility index (Phi) is 10.6. The summed E-state index contributed by atoms with van der Waals surface area (Å²) in [6.45, 7) is 4.98. The van der Waals surface area contributed by atoms with E-state index in [1.807, 2.05) is 0 Å². The van der Waals surface area contributed by atoms with Crippen LogP contribution in [0.15, 0.2) is 36.4 Å². The molecule has 2 aromatic rings. The second kappa shape index (κ2) is 12.6. The van der Waals surface area contributed by atoms with Crippen LogP contribution >= 0.6 is 34.8 Å². The molecule has 0 aliphatic carbocycles. The van der Waals surface area contributed by atoms with Crippen molar-refractivity contribution < 1.29 is 35.9 Å². The molecule has 0 aliphatic rings. The highest BCUT2D eigenvalue weighted by atomic mass is 35.5. The first-order valence-electron chi connectivity index (χ1n) is 11.1. The third kappa shape index (κ3) is 8.81. The van der Waals surface area contributed by atoms with Gasteiger partial charge in [-0.2, -0.15) is 26.3 Å². The summed E-state index contributed by atoms with van der Waals surface area (Å²) in [5, 5.41) is 4.14. The summed E-state index contributed by atoms with van der Waals surface area (Å²) in [6.07, 6.45) is -9.15. The van der Waals surface area contributed by atoms with Crippen molar-refractivity contribution in [3.8, 4) is 0 Å². The Balaban J connectivity index is 2.37. The summed E-state index contributed by atoms with van der Waals surface area (Å²) in [5.41, 5.74) is -2.73. The lowest BCUT2D eigenvalue weighted by Gasteiger charge is -2.19. The fourth-order valence-electron chi connectivity index (χ4n) is 3.45. The van der Waals surface area contributed by atoms with Gasteiger partial charge in [0.25, 0.3) is 5.91 Å². The minimum Gasteiger partial charge on any atom is -0.336 e. The zero-order valence-electron chi connectivity index (χ0n) is 20.2. The molecule has 0 aromatic heterocycles. The number of nitrogens with one attached hydrogen (secondary N) is 2. The smallest absolute Gasteiger partial charge is 0.336 e. The van der Waals surface area contributed by atoms with Crippen LogP contribution in [-0.2, 0) is 11.0 Å². The second-order valence-corrected chi connectivity index (χ2v) is 10.0. The average Bonchev–Trinajstić information content (AvgIpc) is 2.75. The first-order chi connectivity index (χ1) is 17.4. The van der Waals surface area contributed by atoms with Gasteiger partial charge in [0.1, 0.15) is 0 Å². The normalized spacial score (nSPS) is 14.0. The van der Waals surface area contributed by atoms with Crippen LogP contribution in [0.3, 0.4) is 0 Å². The lowest BCUT2D eigenvalue weighted by Crippen LogP contribution is -2.46. The average molecular weight is 604 g/mol. The lowest BCUT2D eigenvalue weighted by molar-refractivity contribution is -0.139. The van der Waals surface area contributed by atoms with Crippen molar-refractivity contribution >= 4 is 52.7 Å². The van der Waals surface area contributed by atoms with Crippen molar-refractivity contribution in [2.45, 2.75) is 51.6 Å². The number of alkyl halides is 6. The van der Waals surface area contributed by atoms with Crippen molar-refractivity contribution in [3.63, 3.8) is 0 Å². The number of hydrogen-bond acceptors (Lipinski definition) is 2. The number of halogens is 9. The van der Waals surface area contributed by atoms with Gasteiger partial charge in [-0.25, -0.2) is 0 Å². The van der Waals surface area contributed by atoms with Gasteiger partial charge in [-0.15, -0.1) is 0 Å². The first kappa shape index (κ1) is 31.8. The maximum absolute atomic E-state index is 13.8. The second-order valence-electron chi connectivity index (χ2n) is 8.84. The van der Waals surface area contributed by atoms with E-state index in [9.17, 15) is 35.9 Å². The molecule has 0 fully saturated rings. The van der Waals surface area contributed by atoms with Gasteiger partial charge in [-0.05, 0) is 48.2 Å². The van der Waals surface area contributed by atoms with Gasteiger partial charge in [0.2, 0.25) is 5.91 Å². The number of carbonyl (C=O) groups excluding carboxylic acids is 2. The van der Waals surface area contributed by atoms with E-state index in [-0.39, 0.29) is 38.5 Å². The predicted molar refractivity (Wildman–Crippen MR) is 135 cm³/mol. The van der Waals surface area contributed by atoms with Crippen LogP contribution in [0.25, 0.3) is 6.08 Å². The van der Waals surface area contributed by atoms with Crippen molar-refractivity contribution in [1.29, 1.82) is 0 Å². The third-order valence-electron chi connectivity index (χ3n) is 5.11. The number of rotatable bonds is 8. The Morgan fingerprint density at radius 3 is 2.00 bits per heavy atom. The predicted octanol–water partition coefficient (Wildman–Crippen LogP) is 8.26. The zero-order valence-corrected chi connectivity index (χ0v) is 22.5. The van der Waals surface area contributed by atoms with Crippen LogP contribution in [0.4, 0.5) is 26.3 Å². The molecule has 38 heavy (non-hydrogen) atoms. The maximum Gasteiger partial charge on any atom is 0.417 e. The molecule has 4 nitrogen and oxygen atoms in total. The molecule has 2 amide bonds. The van der Waals surface area contributed by atoms with Gasteiger partial charge in [0.05, 0.1) is 38.3 Å². The number of allylic oxidation sites excluding steroid dienone is 1. The molecule has 208 valence electrons. The van der Waals surface area contributed by atoms with E-state index in [2.05, 4.69) is 10.6 Å². The van der Waals surface area contributed by atoms with Gasteiger partial charge < -0.3 is 10.6 Å². The summed E-state index contributed by atoms with van der Waals surface area (Å²) >= 11 is 17.5. The minimum absolute atomic E-state index is 0.0286. The monoisotopic (exact) mass is 602 g/mol. The number of hydrogen-bond donors (Lipinski definition) is 2. The van der Waals surface area contributed by atoms with Crippen molar-refractivity contribution in [1.82, 2.24) is 10.6 Å². The summed E-state index contributed by atoms with van der Waals surface area (Å²) in [4.78, 5) is 24.4. The summed E-state index contributed by atoms with van der Waals surface area (Å²) in [6, 6.07) is 4.40. The van der Waals surface area contributed by atoms with Crippen LogP contribution < -0.4 is 10.6 Å². The van der Waals surface area contributed by atoms with Gasteiger partial charge >= 0.3 is 12.4 Å². The van der Waals surface area contributed by atoms with Gasteiger partial charge in [0.15, 0.2) is 0 Å². The standard InChI is InChI=1S/C25H23Cl3F6N2O2/c1-12(2)8-21(37)35-13(3)36-23(38)16-6-4-14(9-18(16)25(32,33)34)5-7-17(24(29,30)31)15-10-19(26)22(28)20(27)11-15/h4-7,9-13,17H,8H2,1-3H3,(H,35,37)(H,36,38)/b7-5+/t13-,17?/m1/s1. The number of carbonyl (C=O) groups is 2. The fourth-order valence-corrected chi connectivity index (χ4v) is 4.06. The fraction of sp³-hybridized carbons (Fsp3) is 0.360. The summed E-state index contributed by atoms with van der Waals surface area (Å²) in [7, 11) is 0. The first-order valence-corrected chi connectivity index (χ1v) is 12.2. The minimum atomic E-state index is -5.00. The molecule has 0 saturated heterocycles. The van der Waals surface area contributed by atoms with E-state index in [0.717, 1.165) is 30.3 Å². The summed E-state index contributed by atoms with van der Waals surface area (Å²) in [5.74, 6) is -3.75.